The predicted octanol–water partition coefficient (Wildman–Crippen LogP) is 2.15. The van der Waals surface area contributed by atoms with Gasteiger partial charge in [0.1, 0.15) is 6.61 Å². The van der Waals surface area contributed by atoms with Crippen LogP contribution in [0.3, 0.4) is 0 Å². The van der Waals surface area contributed by atoms with E-state index in [0.29, 0.717) is 6.04 Å². The fourth-order valence-electron chi connectivity index (χ4n) is 3.53. The Hall–Kier alpha value is -0.860. The molecule has 0 spiro atoms. The Morgan fingerprint density at radius 1 is 1.38 bits per heavy atom. The van der Waals surface area contributed by atoms with E-state index in [9.17, 15) is 0 Å². The summed E-state index contributed by atoms with van der Waals surface area (Å²) in [4.78, 5) is 6.64. The van der Waals surface area contributed by atoms with Gasteiger partial charge in [-0.3, -0.25) is 9.80 Å². The van der Waals surface area contributed by atoms with Crippen LogP contribution in [0.5, 0.6) is 0 Å². The van der Waals surface area contributed by atoms with Crippen LogP contribution in [0.25, 0.3) is 0 Å². The number of thiophene rings is 1. The highest BCUT2D eigenvalue weighted by Gasteiger charge is 2.33. The van der Waals surface area contributed by atoms with Crippen molar-refractivity contribution >= 4 is 11.3 Å². The zero-order valence-electron chi connectivity index (χ0n) is 12.7. The number of hydrogen-bond acceptors (Lipinski definition) is 4. The Balaban J connectivity index is 1.68. The van der Waals surface area contributed by atoms with E-state index in [-0.39, 0.29) is 6.61 Å². The van der Waals surface area contributed by atoms with Gasteiger partial charge >= 0.3 is 0 Å². The molecule has 2 atom stereocenters. The molecule has 0 aromatic carbocycles. The number of hydrogen-bond donors (Lipinski definition) is 1. The van der Waals surface area contributed by atoms with Crippen molar-refractivity contribution in [3.63, 3.8) is 0 Å². The van der Waals surface area contributed by atoms with Gasteiger partial charge in [0.05, 0.1) is 0 Å². The molecule has 2 fully saturated rings. The second-order valence-electron chi connectivity index (χ2n) is 6.14. The van der Waals surface area contributed by atoms with Crippen LogP contribution >= 0.6 is 11.3 Å². The molecule has 0 bridgehead atoms. The van der Waals surface area contributed by atoms with Crippen molar-refractivity contribution in [3.8, 4) is 11.8 Å². The summed E-state index contributed by atoms with van der Waals surface area (Å²) in [5.41, 5.74) is 1.09. The third kappa shape index (κ3) is 3.49. The van der Waals surface area contributed by atoms with Crippen molar-refractivity contribution in [1.82, 2.24) is 9.80 Å². The molecule has 1 N–H and O–H groups in total. The molecule has 0 amide bonds. The minimum absolute atomic E-state index is 0.0631. The van der Waals surface area contributed by atoms with E-state index < -0.39 is 0 Å². The molecular formula is C17H24N2OS. The highest BCUT2D eigenvalue weighted by molar-refractivity contribution is 7.10. The highest BCUT2D eigenvalue weighted by Crippen LogP contribution is 2.27. The third-order valence-electron chi connectivity index (χ3n) is 4.71. The number of nitrogens with zero attached hydrogens (tertiary/aromatic N) is 2. The maximum absolute atomic E-state index is 8.86. The zero-order chi connectivity index (χ0) is 14.7. The van der Waals surface area contributed by atoms with Crippen LogP contribution in [-0.4, -0.2) is 53.2 Å². The number of rotatable bonds is 2. The van der Waals surface area contributed by atoms with Crippen LogP contribution in [0.4, 0.5) is 0 Å². The molecule has 21 heavy (non-hydrogen) atoms. The van der Waals surface area contributed by atoms with E-state index in [4.69, 9.17) is 5.11 Å². The van der Waals surface area contributed by atoms with Crippen LogP contribution in [0.15, 0.2) is 11.4 Å². The Labute approximate surface area is 131 Å². The van der Waals surface area contributed by atoms with E-state index in [0.717, 1.165) is 18.2 Å². The van der Waals surface area contributed by atoms with E-state index in [1.807, 2.05) is 0 Å². The lowest BCUT2D eigenvalue weighted by molar-refractivity contribution is 0.0115. The molecular weight excluding hydrogens is 280 g/mol. The lowest BCUT2D eigenvalue weighted by Gasteiger charge is -2.47. The van der Waals surface area contributed by atoms with Crippen molar-refractivity contribution < 1.29 is 5.11 Å². The van der Waals surface area contributed by atoms with Gasteiger partial charge in [0, 0.05) is 42.2 Å². The maximum Gasteiger partial charge on any atom is 0.104 e. The van der Waals surface area contributed by atoms with Gasteiger partial charge in [-0.05, 0) is 37.8 Å². The number of aliphatic hydroxyl groups excluding tert-OH is 1. The average molecular weight is 304 g/mol. The standard InChI is InChI=1S/C17H24N2OS/c1-14-11-18-8-3-2-6-16(18)12-19(14)13-17-15(5-4-9-20)7-10-21-17/h7,10,14,16,20H,2-3,6,8-9,11-13H2,1H3. The molecule has 2 aliphatic heterocycles. The van der Waals surface area contributed by atoms with E-state index in [1.54, 1.807) is 11.3 Å². The number of piperidine rings is 1. The SMILES string of the molecule is CC1CN2CCCCC2CN1Cc1sccc1C#CCO. The summed E-state index contributed by atoms with van der Waals surface area (Å²) in [5.74, 6) is 5.85. The van der Waals surface area contributed by atoms with Crippen molar-refractivity contribution in [2.24, 2.45) is 0 Å². The third-order valence-corrected chi connectivity index (χ3v) is 5.62. The molecule has 0 saturated carbocycles. The lowest BCUT2D eigenvalue weighted by atomic mass is 9.97. The molecule has 0 aliphatic carbocycles. The van der Waals surface area contributed by atoms with Gasteiger partial charge in [0.25, 0.3) is 0 Å². The summed E-state index contributed by atoms with van der Waals surface area (Å²) >= 11 is 1.79. The Morgan fingerprint density at radius 3 is 3.14 bits per heavy atom. The molecule has 2 aliphatic rings. The largest absolute Gasteiger partial charge is 0.384 e. The zero-order valence-corrected chi connectivity index (χ0v) is 13.5. The van der Waals surface area contributed by atoms with Crippen LogP contribution in [-0.2, 0) is 6.54 Å². The molecule has 3 heterocycles. The summed E-state index contributed by atoms with van der Waals surface area (Å²) in [6, 6.07) is 3.44. The Morgan fingerprint density at radius 2 is 2.29 bits per heavy atom. The molecule has 3 nitrogen and oxygen atoms in total. The number of fused-ring (bicyclic) bond motifs is 1. The van der Waals surface area contributed by atoms with E-state index in [1.165, 1.54) is 43.8 Å². The molecule has 4 heteroatoms. The smallest absolute Gasteiger partial charge is 0.104 e. The fourth-order valence-corrected chi connectivity index (χ4v) is 4.38. The number of aliphatic hydroxyl groups is 1. The first-order chi connectivity index (χ1) is 10.3. The summed E-state index contributed by atoms with van der Waals surface area (Å²) < 4.78 is 0. The minimum atomic E-state index is -0.0631. The minimum Gasteiger partial charge on any atom is -0.384 e. The average Bonchev–Trinajstić information content (AvgIpc) is 2.93. The normalized spacial score (nSPS) is 27.0. The quantitative estimate of drug-likeness (QED) is 0.848. The molecule has 2 saturated heterocycles. The van der Waals surface area contributed by atoms with Gasteiger partial charge in [-0.1, -0.05) is 18.3 Å². The first-order valence-corrected chi connectivity index (χ1v) is 8.80. The second kappa shape index (κ2) is 6.93. The van der Waals surface area contributed by atoms with E-state index >= 15 is 0 Å². The van der Waals surface area contributed by atoms with Crippen molar-refractivity contribution in [2.75, 3.05) is 26.2 Å². The first kappa shape index (κ1) is 15.1. The van der Waals surface area contributed by atoms with Gasteiger partial charge in [-0.2, -0.15) is 0 Å². The number of piperazine rings is 1. The molecule has 3 rings (SSSR count). The molecule has 114 valence electrons. The van der Waals surface area contributed by atoms with Crippen LogP contribution in [0.2, 0.25) is 0 Å². The molecule has 0 radical (unpaired) electrons. The summed E-state index contributed by atoms with van der Waals surface area (Å²) in [6.45, 7) is 6.96. The summed E-state index contributed by atoms with van der Waals surface area (Å²) in [5, 5.41) is 11.0. The van der Waals surface area contributed by atoms with Gasteiger partial charge in [0.2, 0.25) is 0 Å². The van der Waals surface area contributed by atoms with Gasteiger partial charge in [0.15, 0.2) is 0 Å². The lowest BCUT2D eigenvalue weighted by Crippen LogP contribution is -2.58. The highest BCUT2D eigenvalue weighted by atomic mass is 32.1. The fraction of sp³-hybridized carbons (Fsp3) is 0.647. The van der Waals surface area contributed by atoms with Gasteiger partial charge in [-0.15, -0.1) is 11.3 Å². The van der Waals surface area contributed by atoms with Crippen molar-refractivity contribution in [1.29, 1.82) is 0 Å². The summed E-state index contributed by atoms with van der Waals surface area (Å²) in [6.07, 6.45) is 4.11. The first-order valence-electron chi connectivity index (χ1n) is 7.92. The van der Waals surface area contributed by atoms with Gasteiger partial charge in [-0.25, -0.2) is 0 Å². The molecule has 1 aromatic heterocycles. The molecule has 2 unspecified atom stereocenters. The molecule has 1 aromatic rings. The van der Waals surface area contributed by atoms with Gasteiger partial charge < -0.3 is 5.11 Å². The van der Waals surface area contributed by atoms with Crippen LogP contribution in [0, 0.1) is 11.8 Å². The van der Waals surface area contributed by atoms with Crippen molar-refractivity contribution in [3.05, 3.63) is 21.9 Å². The van der Waals surface area contributed by atoms with Crippen LogP contribution in [0.1, 0.15) is 36.6 Å². The van der Waals surface area contributed by atoms with E-state index in [2.05, 4.69) is 40.0 Å². The Bertz CT molecular complexity index is 530. The second-order valence-corrected chi connectivity index (χ2v) is 7.14. The van der Waals surface area contributed by atoms with Crippen molar-refractivity contribution in [2.45, 2.75) is 44.8 Å². The summed E-state index contributed by atoms with van der Waals surface area (Å²) in [7, 11) is 0. The Kier molecular flexibility index (Phi) is 4.97. The topological polar surface area (TPSA) is 26.7 Å². The monoisotopic (exact) mass is 304 g/mol. The maximum atomic E-state index is 8.86. The predicted molar refractivity (Wildman–Crippen MR) is 87.4 cm³/mol. The van der Waals surface area contributed by atoms with Crippen LogP contribution < -0.4 is 0 Å².